The largest absolute Gasteiger partial charge is 0.381 e. The summed E-state index contributed by atoms with van der Waals surface area (Å²) < 4.78 is 26.4. The summed E-state index contributed by atoms with van der Waals surface area (Å²) in [6.07, 6.45) is 5.90. The highest BCUT2D eigenvalue weighted by Gasteiger charge is 2.27. The van der Waals surface area contributed by atoms with Gasteiger partial charge in [-0.05, 0) is 105 Å². The summed E-state index contributed by atoms with van der Waals surface area (Å²) in [5.41, 5.74) is 7.09. The van der Waals surface area contributed by atoms with E-state index in [1.54, 1.807) is 13.1 Å². The van der Waals surface area contributed by atoms with E-state index in [-0.39, 0.29) is 48.3 Å². The van der Waals surface area contributed by atoms with E-state index in [0.29, 0.717) is 81.0 Å². The number of carbonyl (C=O) groups excluding carboxylic acids is 4. The number of rotatable bonds is 18. The maximum absolute atomic E-state index is 13.0. The van der Waals surface area contributed by atoms with Gasteiger partial charge in [0, 0.05) is 53.1 Å². The van der Waals surface area contributed by atoms with E-state index in [4.69, 9.17) is 23.9 Å². The van der Waals surface area contributed by atoms with E-state index >= 15 is 0 Å². The smallest absolute Gasteiger partial charge is 0.333 e. The quantitative estimate of drug-likeness (QED) is 0.0615. The van der Waals surface area contributed by atoms with Gasteiger partial charge in [0.2, 0.25) is 11.8 Å². The van der Waals surface area contributed by atoms with Crippen molar-refractivity contribution in [1.29, 1.82) is 0 Å². The van der Waals surface area contributed by atoms with Crippen LogP contribution in [0.15, 0.2) is 77.6 Å². The molecule has 1 aliphatic carbocycles. The highest BCUT2D eigenvalue weighted by atomic mass is 32.1. The third-order valence-corrected chi connectivity index (χ3v) is 13.8. The number of imidazole rings is 1. The average Bonchev–Trinajstić information content (AvgIpc) is 3.78. The standard InChI is InChI=1S/C50H55N7O9S/c1-30-28-51-46-45-36-11-12-37(54-38(36)13-16-42(45)67-47(46)49(61)52-30)34-5-3-4-33(27-34)32-7-9-35(10-8-32)53-44(59)29-66-25-24-65-23-22-64-21-20-63-19-18-31-6-14-39-41(26-31)56(2)50(62)57(39)40-15-17-43(58)55-48(40)60/h3-6,11-16,26-27,30,32,35,51H,7-10,17-25,28-29H2,1-2H3,(H,52,61)(H,53,59)(H,55,58,60)/t30-,32?,35?/m1/s1. The molecule has 0 unspecified atom stereocenters. The zero-order valence-corrected chi connectivity index (χ0v) is 38.5. The molecular formula is C50H55N7O9S. The number of aromatic nitrogens is 3. The number of amides is 4. The molecule has 1 fully saturated rings. The Labute approximate surface area is 391 Å². The van der Waals surface area contributed by atoms with Crippen molar-refractivity contribution < 1.29 is 38.1 Å². The second kappa shape index (κ2) is 20.7. The number of carbonyl (C=O) groups is 4. The number of hydrogen-bond donors (Lipinski definition) is 4. The van der Waals surface area contributed by atoms with Crippen LogP contribution in [0.1, 0.15) is 65.7 Å². The van der Waals surface area contributed by atoms with E-state index in [2.05, 4.69) is 63.7 Å². The maximum atomic E-state index is 13.0. The highest BCUT2D eigenvalue weighted by Crippen LogP contribution is 2.42. The number of nitrogens with zero attached hydrogens (tertiary/aromatic N) is 3. The predicted molar refractivity (Wildman–Crippen MR) is 257 cm³/mol. The van der Waals surface area contributed by atoms with Crippen LogP contribution in [0.3, 0.4) is 0 Å². The van der Waals surface area contributed by atoms with Crippen LogP contribution in [0.25, 0.3) is 49.0 Å². The Hall–Kier alpha value is -6.24. The van der Waals surface area contributed by atoms with Crippen molar-refractivity contribution in [2.24, 2.45) is 7.05 Å². The molecular weight excluding hydrogens is 875 g/mol. The Kier molecular flexibility index (Phi) is 14.2. The first-order valence-corrected chi connectivity index (χ1v) is 23.8. The number of nitrogens with one attached hydrogen (secondary N) is 4. The van der Waals surface area contributed by atoms with Crippen molar-refractivity contribution in [3.8, 4) is 11.3 Å². The summed E-state index contributed by atoms with van der Waals surface area (Å²) in [7, 11) is 1.65. The molecule has 17 heteroatoms. The lowest BCUT2D eigenvalue weighted by Gasteiger charge is -2.29. The number of fused-ring (bicyclic) bond motifs is 6. The number of anilines is 1. The molecule has 6 aromatic rings. The summed E-state index contributed by atoms with van der Waals surface area (Å²) in [6.45, 7) is 5.42. The molecule has 0 saturated heterocycles. The molecule has 0 bridgehead atoms. The predicted octanol–water partition coefficient (Wildman–Crippen LogP) is 5.65. The molecule has 350 valence electrons. The fraction of sp³-hybridized carbons (Fsp3) is 0.400. The number of benzene rings is 3. The average molecular weight is 930 g/mol. The fourth-order valence-electron chi connectivity index (χ4n) is 9.18. The van der Waals surface area contributed by atoms with Crippen molar-refractivity contribution in [1.82, 2.24) is 30.1 Å². The Balaban J connectivity index is 0.630. The minimum atomic E-state index is -0.591. The van der Waals surface area contributed by atoms with Gasteiger partial charge in [0.1, 0.15) is 17.2 Å². The van der Waals surface area contributed by atoms with Gasteiger partial charge in [0.15, 0.2) is 0 Å². The second-order valence-electron chi connectivity index (χ2n) is 17.3. The molecule has 0 spiro atoms. The third-order valence-electron chi connectivity index (χ3n) is 12.6. The number of hydrogen-bond acceptors (Lipinski definition) is 12. The normalized spacial score (nSPS) is 18.6. The molecule has 2 aliphatic heterocycles. The third kappa shape index (κ3) is 10.4. The summed E-state index contributed by atoms with van der Waals surface area (Å²) in [6, 6.07) is 22.7. The Morgan fingerprint density at radius 2 is 1.60 bits per heavy atom. The first kappa shape index (κ1) is 45.9. The van der Waals surface area contributed by atoms with Gasteiger partial charge in [-0.1, -0.05) is 24.3 Å². The number of aryl methyl sites for hydroxylation is 1. The highest BCUT2D eigenvalue weighted by molar-refractivity contribution is 7.21. The molecule has 4 N–H and O–H groups in total. The minimum absolute atomic E-state index is 0.0116. The van der Waals surface area contributed by atoms with E-state index in [9.17, 15) is 24.0 Å². The lowest BCUT2D eigenvalue weighted by Crippen LogP contribution is -2.39. The molecule has 1 atom stereocenters. The molecule has 4 amide bonds. The summed E-state index contributed by atoms with van der Waals surface area (Å²) in [4.78, 5) is 68.3. The molecule has 5 heterocycles. The van der Waals surface area contributed by atoms with Crippen LogP contribution in [0.5, 0.6) is 0 Å². The topological polar surface area (TPSA) is 193 Å². The van der Waals surface area contributed by atoms with Crippen molar-refractivity contribution in [3.05, 3.63) is 99.3 Å². The zero-order chi connectivity index (χ0) is 46.4. The summed E-state index contributed by atoms with van der Waals surface area (Å²) in [5.74, 6) is -0.734. The van der Waals surface area contributed by atoms with Gasteiger partial charge in [-0.3, -0.25) is 33.6 Å². The van der Waals surface area contributed by atoms with Crippen LogP contribution in [-0.2, 0) is 46.8 Å². The van der Waals surface area contributed by atoms with Gasteiger partial charge in [-0.25, -0.2) is 9.78 Å². The van der Waals surface area contributed by atoms with E-state index < -0.39 is 11.8 Å². The van der Waals surface area contributed by atoms with Gasteiger partial charge < -0.3 is 34.9 Å². The zero-order valence-electron chi connectivity index (χ0n) is 37.7. The van der Waals surface area contributed by atoms with Crippen molar-refractivity contribution in [2.75, 3.05) is 64.7 Å². The Bertz CT molecular complexity index is 2930. The van der Waals surface area contributed by atoms with E-state index in [1.165, 1.54) is 32.1 Å². The molecule has 67 heavy (non-hydrogen) atoms. The van der Waals surface area contributed by atoms with Gasteiger partial charge in [0.05, 0.1) is 74.2 Å². The van der Waals surface area contributed by atoms with Crippen molar-refractivity contribution in [2.45, 2.75) is 63.5 Å². The molecule has 3 aliphatic rings. The number of pyridine rings is 1. The lowest BCUT2D eigenvalue weighted by atomic mass is 9.81. The molecule has 3 aromatic carbocycles. The van der Waals surface area contributed by atoms with Crippen LogP contribution >= 0.6 is 11.3 Å². The number of ether oxygens (including phenoxy) is 4. The molecule has 1 saturated carbocycles. The minimum Gasteiger partial charge on any atom is -0.381 e. The van der Waals surface area contributed by atoms with Crippen LogP contribution < -0.4 is 27.0 Å². The fourth-order valence-corrected chi connectivity index (χ4v) is 10.3. The van der Waals surface area contributed by atoms with Gasteiger partial charge in [-0.2, -0.15) is 0 Å². The van der Waals surface area contributed by atoms with Gasteiger partial charge >= 0.3 is 5.69 Å². The van der Waals surface area contributed by atoms with Gasteiger partial charge in [0.25, 0.3) is 11.8 Å². The van der Waals surface area contributed by atoms with Crippen LogP contribution in [0.4, 0.5) is 5.69 Å². The molecule has 0 radical (unpaired) electrons. The Morgan fingerprint density at radius 1 is 0.836 bits per heavy atom. The van der Waals surface area contributed by atoms with Crippen LogP contribution in [-0.4, -0.2) is 109 Å². The van der Waals surface area contributed by atoms with E-state index in [0.717, 1.165) is 69.2 Å². The van der Waals surface area contributed by atoms with Gasteiger partial charge in [-0.15, -0.1) is 11.3 Å². The summed E-state index contributed by atoms with van der Waals surface area (Å²) in [5, 5.41) is 14.1. The van der Waals surface area contributed by atoms with E-state index in [1.807, 2.05) is 25.1 Å². The maximum Gasteiger partial charge on any atom is 0.333 e. The first-order chi connectivity index (χ1) is 32.6. The first-order valence-electron chi connectivity index (χ1n) is 23.0. The SMILES string of the molecule is C[C@@H]1CNc2c(sc3ccc4nc(-c5cccc(C6CCC(NC(=O)COCCOCCOCCOCCc7ccc8c(c7)n(C)c(=O)n8C7=CCC(=O)NC7=O)CC6)c5)ccc4c23)C(=O)N1. The molecule has 16 nitrogen and oxygen atoms in total. The van der Waals surface area contributed by atoms with Crippen molar-refractivity contribution in [3.63, 3.8) is 0 Å². The van der Waals surface area contributed by atoms with Crippen molar-refractivity contribution >= 4 is 78.4 Å². The van der Waals surface area contributed by atoms with Crippen LogP contribution in [0, 0.1) is 0 Å². The summed E-state index contributed by atoms with van der Waals surface area (Å²) >= 11 is 1.51. The van der Waals surface area contributed by atoms with Crippen LogP contribution in [0.2, 0.25) is 0 Å². The second-order valence-corrected chi connectivity index (χ2v) is 18.4. The number of imide groups is 1. The molecule has 3 aromatic heterocycles. The lowest BCUT2D eigenvalue weighted by molar-refractivity contribution is -0.128. The number of thiophene rings is 1. The monoisotopic (exact) mass is 929 g/mol. The molecule has 9 rings (SSSR count). The Morgan fingerprint density at radius 3 is 2.37 bits per heavy atom.